The molecule has 1 saturated carbocycles. The molecule has 31 heavy (non-hydrogen) atoms. The molecule has 4 rings (SSSR count). The molecule has 166 valence electrons. The average Bonchev–Trinajstić information content (AvgIpc) is 3.55. The van der Waals surface area contributed by atoms with Gasteiger partial charge in [-0.25, -0.2) is 9.07 Å². The third-order valence-corrected chi connectivity index (χ3v) is 6.18. The van der Waals surface area contributed by atoms with Crippen LogP contribution in [0.4, 0.5) is 4.39 Å². The van der Waals surface area contributed by atoms with Crippen LogP contribution in [0.1, 0.15) is 37.8 Å². The minimum Gasteiger partial charge on any atom is -0.356 e. The van der Waals surface area contributed by atoms with Gasteiger partial charge in [-0.2, -0.15) is 5.10 Å². The molecular formula is C23H31FN6O. The third kappa shape index (κ3) is 5.42. The highest BCUT2D eigenvalue weighted by atomic mass is 19.1. The first-order valence-corrected chi connectivity index (χ1v) is 11.2. The number of benzene rings is 1. The van der Waals surface area contributed by atoms with Gasteiger partial charge in [0.2, 0.25) is 5.91 Å². The highest BCUT2D eigenvalue weighted by Crippen LogP contribution is 2.27. The van der Waals surface area contributed by atoms with Crippen molar-refractivity contribution >= 4 is 11.9 Å². The number of guanidine groups is 1. The maximum atomic E-state index is 13.1. The molecule has 2 N–H and O–H groups in total. The Kier molecular flexibility index (Phi) is 6.84. The van der Waals surface area contributed by atoms with Crippen molar-refractivity contribution in [2.24, 2.45) is 10.9 Å². The van der Waals surface area contributed by atoms with Crippen LogP contribution >= 0.6 is 0 Å². The number of halogens is 1. The summed E-state index contributed by atoms with van der Waals surface area (Å²) in [5.74, 6) is 1.07. The van der Waals surface area contributed by atoms with Gasteiger partial charge in [0.05, 0.1) is 11.4 Å². The quantitative estimate of drug-likeness (QED) is 0.550. The second-order valence-corrected chi connectivity index (χ2v) is 8.37. The normalized spacial score (nSPS) is 19.7. The Bertz CT molecular complexity index is 903. The number of nitrogens with zero attached hydrogens (tertiary/aromatic N) is 4. The van der Waals surface area contributed by atoms with Crippen LogP contribution in [0.25, 0.3) is 5.69 Å². The predicted octanol–water partition coefficient (Wildman–Crippen LogP) is 2.51. The number of amides is 1. The number of hydrogen-bond acceptors (Lipinski definition) is 3. The molecule has 1 aromatic heterocycles. The van der Waals surface area contributed by atoms with Crippen molar-refractivity contribution in [1.82, 2.24) is 25.3 Å². The molecular weight excluding hydrogens is 395 g/mol. The molecule has 1 aliphatic carbocycles. The van der Waals surface area contributed by atoms with E-state index in [1.165, 1.54) is 25.0 Å². The van der Waals surface area contributed by atoms with E-state index in [0.29, 0.717) is 12.5 Å². The maximum Gasteiger partial charge on any atom is 0.225 e. The molecule has 2 aromatic rings. The summed E-state index contributed by atoms with van der Waals surface area (Å²) in [6, 6.07) is 8.47. The summed E-state index contributed by atoms with van der Waals surface area (Å²) >= 11 is 0. The highest BCUT2D eigenvalue weighted by molar-refractivity contribution is 5.81. The van der Waals surface area contributed by atoms with E-state index in [4.69, 9.17) is 0 Å². The highest BCUT2D eigenvalue weighted by Gasteiger charge is 2.32. The van der Waals surface area contributed by atoms with E-state index in [-0.39, 0.29) is 17.8 Å². The van der Waals surface area contributed by atoms with Crippen LogP contribution in [0, 0.1) is 11.7 Å². The largest absolute Gasteiger partial charge is 0.356 e. The summed E-state index contributed by atoms with van der Waals surface area (Å²) in [6.45, 7) is 2.26. The van der Waals surface area contributed by atoms with E-state index in [0.717, 1.165) is 56.1 Å². The van der Waals surface area contributed by atoms with Crippen LogP contribution < -0.4 is 10.6 Å². The number of carbonyl (C=O) groups excluding carboxylic acids is 1. The molecule has 1 aromatic carbocycles. The van der Waals surface area contributed by atoms with E-state index in [1.807, 2.05) is 17.2 Å². The summed E-state index contributed by atoms with van der Waals surface area (Å²) in [4.78, 5) is 19.0. The third-order valence-electron chi connectivity index (χ3n) is 6.18. The zero-order valence-electron chi connectivity index (χ0n) is 18.1. The van der Waals surface area contributed by atoms with Gasteiger partial charge in [0.25, 0.3) is 0 Å². The van der Waals surface area contributed by atoms with E-state index in [9.17, 15) is 9.18 Å². The van der Waals surface area contributed by atoms with Gasteiger partial charge in [-0.05, 0) is 49.6 Å². The SMILES string of the molecule is CN=C(NCCc1ccn(-c2ccc(F)cc2)n1)NC1CCN(C(=O)C2CCCC2)C1. The monoisotopic (exact) mass is 426 g/mol. The molecule has 1 saturated heterocycles. The number of aliphatic imine (C=N–C) groups is 1. The lowest BCUT2D eigenvalue weighted by Gasteiger charge is -2.21. The average molecular weight is 427 g/mol. The van der Waals surface area contributed by atoms with Gasteiger partial charge >= 0.3 is 0 Å². The number of nitrogens with one attached hydrogen (secondary N) is 2. The van der Waals surface area contributed by atoms with Gasteiger partial charge in [-0.15, -0.1) is 0 Å². The van der Waals surface area contributed by atoms with Crippen LogP contribution in [0.15, 0.2) is 41.5 Å². The predicted molar refractivity (Wildman–Crippen MR) is 119 cm³/mol. The smallest absolute Gasteiger partial charge is 0.225 e. The summed E-state index contributed by atoms with van der Waals surface area (Å²) in [6.07, 6.45) is 8.04. The van der Waals surface area contributed by atoms with Crippen molar-refractivity contribution in [1.29, 1.82) is 0 Å². The second kappa shape index (κ2) is 9.94. The number of aromatic nitrogens is 2. The summed E-state index contributed by atoms with van der Waals surface area (Å²) in [5, 5.41) is 11.3. The Labute approximate surface area is 182 Å². The van der Waals surface area contributed by atoms with Crippen LogP contribution in [-0.2, 0) is 11.2 Å². The summed E-state index contributed by atoms with van der Waals surface area (Å²) < 4.78 is 14.8. The van der Waals surface area contributed by atoms with Crippen LogP contribution in [0.2, 0.25) is 0 Å². The van der Waals surface area contributed by atoms with Crippen molar-refractivity contribution < 1.29 is 9.18 Å². The molecule has 2 heterocycles. The number of hydrogen-bond donors (Lipinski definition) is 2. The van der Waals surface area contributed by atoms with Crippen molar-refractivity contribution in [3.8, 4) is 5.69 Å². The molecule has 2 fully saturated rings. The lowest BCUT2D eigenvalue weighted by molar-refractivity contribution is -0.134. The summed E-state index contributed by atoms with van der Waals surface area (Å²) in [5.41, 5.74) is 1.78. The van der Waals surface area contributed by atoms with Crippen molar-refractivity contribution in [3.63, 3.8) is 0 Å². The van der Waals surface area contributed by atoms with Crippen LogP contribution in [0.5, 0.6) is 0 Å². The standard InChI is InChI=1S/C23H31FN6O/c1-25-23(27-20-11-14-29(16-20)22(31)17-4-2-3-5-17)26-13-10-19-12-15-30(28-19)21-8-6-18(24)7-9-21/h6-9,12,15,17,20H,2-5,10-11,13-14,16H2,1H3,(H2,25,26,27). The van der Waals surface area contributed by atoms with E-state index >= 15 is 0 Å². The number of likely N-dealkylation sites (tertiary alicyclic amines) is 1. The molecule has 7 nitrogen and oxygen atoms in total. The molecule has 0 radical (unpaired) electrons. The fourth-order valence-electron chi connectivity index (χ4n) is 4.44. The molecule has 8 heteroatoms. The first-order chi connectivity index (χ1) is 15.1. The molecule has 1 atom stereocenters. The van der Waals surface area contributed by atoms with Crippen LogP contribution in [0.3, 0.4) is 0 Å². The van der Waals surface area contributed by atoms with Crippen molar-refractivity contribution in [2.75, 3.05) is 26.7 Å². The van der Waals surface area contributed by atoms with Crippen LogP contribution in [-0.4, -0.2) is 59.3 Å². The lowest BCUT2D eigenvalue weighted by Crippen LogP contribution is -2.45. The Morgan fingerprint density at radius 1 is 1.19 bits per heavy atom. The molecule has 1 aliphatic heterocycles. The fourth-order valence-corrected chi connectivity index (χ4v) is 4.44. The number of carbonyl (C=O) groups is 1. The topological polar surface area (TPSA) is 74.6 Å². The second-order valence-electron chi connectivity index (χ2n) is 8.37. The van der Waals surface area contributed by atoms with Gasteiger partial charge in [-0.3, -0.25) is 9.79 Å². The van der Waals surface area contributed by atoms with Gasteiger partial charge in [0.15, 0.2) is 5.96 Å². The van der Waals surface area contributed by atoms with E-state index < -0.39 is 0 Å². The molecule has 1 unspecified atom stereocenters. The van der Waals surface area contributed by atoms with Crippen molar-refractivity contribution in [3.05, 3.63) is 48.0 Å². The number of rotatable bonds is 6. The van der Waals surface area contributed by atoms with Crippen molar-refractivity contribution in [2.45, 2.75) is 44.6 Å². The molecule has 0 spiro atoms. The van der Waals surface area contributed by atoms with Gasteiger partial charge in [-0.1, -0.05) is 12.8 Å². The molecule has 1 amide bonds. The Morgan fingerprint density at radius 2 is 1.97 bits per heavy atom. The molecule has 2 aliphatic rings. The van der Waals surface area contributed by atoms with Gasteiger partial charge in [0, 0.05) is 51.3 Å². The minimum absolute atomic E-state index is 0.231. The minimum atomic E-state index is -0.257. The Morgan fingerprint density at radius 3 is 2.71 bits per heavy atom. The summed E-state index contributed by atoms with van der Waals surface area (Å²) in [7, 11) is 1.76. The fraction of sp³-hybridized carbons (Fsp3) is 0.522. The van der Waals surface area contributed by atoms with Gasteiger partial charge < -0.3 is 15.5 Å². The lowest BCUT2D eigenvalue weighted by atomic mass is 10.1. The van der Waals surface area contributed by atoms with E-state index in [2.05, 4.69) is 20.7 Å². The zero-order chi connectivity index (χ0) is 21.6. The first kappa shape index (κ1) is 21.3. The Hall–Kier alpha value is -2.90. The zero-order valence-corrected chi connectivity index (χ0v) is 18.1. The molecule has 0 bridgehead atoms. The van der Waals surface area contributed by atoms with Gasteiger partial charge in [0.1, 0.15) is 5.82 Å². The Balaban J connectivity index is 1.21. The van der Waals surface area contributed by atoms with E-state index in [1.54, 1.807) is 23.9 Å². The maximum absolute atomic E-state index is 13.1. The first-order valence-electron chi connectivity index (χ1n) is 11.2.